The van der Waals surface area contributed by atoms with Gasteiger partial charge < -0.3 is 14.8 Å². The molecule has 0 aliphatic carbocycles. The Hall–Kier alpha value is -1.33. The third-order valence-electron chi connectivity index (χ3n) is 5.13. The molecule has 2 saturated heterocycles. The van der Waals surface area contributed by atoms with E-state index in [1.54, 1.807) is 19.3 Å². The summed E-state index contributed by atoms with van der Waals surface area (Å²) in [5, 5.41) is 3.41. The molecule has 2 aliphatic rings. The van der Waals surface area contributed by atoms with Crippen LogP contribution < -0.4 is 10.9 Å². The maximum atomic E-state index is 12.5. The molecule has 2 fully saturated rings. The Morgan fingerprint density at radius 1 is 1.18 bits per heavy atom. The van der Waals surface area contributed by atoms with Crippen molar-refractivity contribution in [1.29, 1.82) is 0 Å². The summed E-state index contributed by atoms with van der Waals surface area (Å²) in [6.07, 6.45) is 6.28. The average Bonchev–Trinajstić information content (AvgIpc) is 2.51. The second-order valence-electron chi connectivity index (χ2n) is 6.41. The highest BCUT2D eigenvalue weighted by Crippen LogP contribution is 2.39. The molecule has 1 amide bonds. The van der Waals surface area contributed by atoms with E-state index < -0.39 is 0 Å². The third kappa shape index (κ3) is 3.36. The highest BCUT2D eigenvalue weighted by Gasteiger charge is 2.36. The molecule has 1 aromatic heterocycles. The van der Waals surface area contributed by atoms with Gasteiger partial charge in [-0.1, -0.05) is 0 Å². The van der Waals surface area contributed by atoms with Crippen molar-refractivity contribution in [2.75, 3.05) is 26.2 Å². The van der Waals surface area contributed by atoms with Crippen LogP contribution in [0.15, 0.2) is 23.1 Å². The molecule has 0 aromatic carbocycles. The highest BCUT2D eigenvalue weighted by molar-refractivity contribution is 5.94. The molecular weight excluding hydrogens is 302 g/mol. The molecule has 0 radical (unpaired) electrons. The number of hydrogen-bond acceptors (Lipinski definition) is 3. The molecular formula is C16H24ClN3O2. The molecule has 122 valence electrons. The Morgan fingerprint density at radius 2 is 1.82 bits per heavy atom. The van der Waals surface area contributed by atoms with Gasteiger partial charge >= 0.3 is 0 Å². The maximum absolute atomic E-state index is 12.5. The molecule has 6 heteroatoms. The lowest BCUT2D eigenvalue weighted by Gasteiger charge is -2.44. The molecule has 0 bridgehead atoms. The van der Waals surface area contributed by atoms with Gasteiger partial charge in [0.1, 0.15) is 0 Å². The minimum absolute atomic E-state index is 0. The average molecular weight is 326 g/mol. The van der Waals surface area contributed by atoms with Crippen LogP contribution in [0.3, 0.4) is 0 Å². The summed E-state index contributed by atoms with van der Waals surface area (Å²) in [6, 6.07) is 3.18. The molecule has 3 heterocycles. The van der Waals surface area contributed by atoms with Gasteiger partial charge in [0.25, 0.3) is 11.5 Å². The number of aryl methyl sites for hydroxylation is 1. The van der Waals surface area contributed by atoms with Crippen molar-refractivity contribution in [2.24, 2.45) is 12.5 Å². The van der Waals surface area contributed by atoms with Crippen LogP contribution in [0.4, 0.5) is 0 Å². The first-order valence-corrected chi connectivity index (χ1v) is 7.76. The van der Waals surface area contributed by atoms with Crippen LogP contribution in [-0.2, 0) is 7.05 Å². The quantitative estimate of drug-likeness (QED) is 0.849. The first-order chi connectivity index (χ1) is 10.1. The molecule has 0 saturated carbocycles. The summed E-state index contributed by atoms with van der Waals surface area (Å²) in [5.74, 6) is -0.00326. The van der Waals surface area contributed by atoms with Crippen molar-refractivity contribution in [3.8, 4) is 0 Å². The van der Waals surface area contributed by atoms with Crippen molar-refractivity contribution in [2.45, 2.75) is 25.7 Å². The van der Waals surface area contributed by atoms with Crippen LogP contribution in [0, 0.1) is 5.41 Å². The predicted octanol–water partition coefficient (Wildman–Crippen LogP) is 1.41. The van der Waals surface area contributed by atoms with Gasteiger partial charge in [0.15, 0.2) is 0 Å². The van der Waals surface area contributed by atoms with E-state index in [-0.39, 0.29) is 23.9 Å². The van der Waals surface area contributed by atoms with Crippen molar-refractivity contribution in [3.05, 3.63) is 34.2 Å². The van der Waals surface area contributed by atoms with Gasteiger partial charge in [-0.3, -0.25) is 9.59 Å². The van der Waals surface area contributed by atoms with E-state index in [2.05, 4.69) is 5.32 Å². The van der Waals surface area contributed by atoms with Crippen LogP contribution in [0.25, 0.3) is 0 Å². The van der Waals surface area contributed by atoms with Crippen LogP contribution in [-0.4, -0.2) is 41.6 Å². The summed E-state index contributed by atoms with van der Waals surface area (Å²) >= 11 is 0. The molecule has 3 rings (SSSR count). The van der Waals surface area contributed by atoms with Gasteiger partial charge in [-0.2, -0.15) is 0 Å². The monoisotopic (exact) mass is 325 g/mol. The zero-order valence-corrected chi connectivity index (χ0v) is 13.8. The number of hydrogen-bond donors (Lipinski definition) is 1. The van der Waals surface area contributed by atoms with Crippen molar-refractivity contribution in [1.82, 2.24) is 14.8 Å². The normalized spacial score (nSPS) is 20.5. The van der Waals surface area contributed by atoms with E-state index >= 15 is 0 Å². The van der Waals surface area contributed by atoms with Gasteiger partial charge in [-0.15, -0.1) is 12.4 Å². The largest absolute Gasteiger partial charge is 0.339 e. The number of piperidine rings is 2. The number of nitrogens with zero attached hydrogens (tertiary/aromatic N) is 2. The Labute approximate surface area is 137 Å². The number of nitrogens with one attached hydrogen (secondary N) is 1. The van der Waals surface area contributed by atoms with Crippen LogP contribution in [0.1, 0.15) is 36.0 Å². The van der Waals surface area contributed by atoms with Crippen molar-refractivity contribution in [3.63, 3.8) is 0 Å². The molecule has 22 heavy (non-hydrogen) atoms. The number of pyridine rings is 1. The number of amides is 1. The number of halogens is 1. The maximum Gasteiger partial charge on any atom is 0.254 e. The minimum Gasteiger partial charge on any atom is -0.339 e. The standard InChI is InChI=1S/C16H23N3O2.ClH/c1-18-9-2-13(12-14(18)20)15(21)19-10-5-16(6-11-19)3-7-17-8-4-16;/h2,9,12,17H,3-8,10-11H2,1H3;1H. The van der Waals surface area contributed by atoms with E-state index in [0.717, 1.165) is 39.0 Å². The first-order valence-electron chi connectivity index (χ1n) is 7.76. The smallest absolute Gasteiger partial charge is 0.254 e. The summed E-state index contributed by atoms with van der Waals surface area (Å²) in [4.78, 5) is 26.1. The summed E-state index contributed by atoms with van der Waals surface area (Å²) in [6.45, 7) is 3.83. The lowest BCUT2D eigenvalue weighted by atomic mass is 9.71. The molecule has 1 aromatic rings. The Balaban J connectivity index is 0.00000176. The molecule has 0 unspecified atom stereocenters. The van der Waals surface area contributed by atoms with Crippen molar-refractivity contribution >= 4 is 18.3 Å². The molecule has 1 spiro atoms. The second-order valence-corrected chi connectivity index (χ2v) is 6.41. The van der Waals surface area contributed by atoms with Gasteiger partial charge in [-0.25, -0.2) is 0 Å². The Morgan fingerprint density at radius 3 is 2.41 bits per heavy atom. The highest BCUT2D eigenvalue weighted by atomic mass is 35.5. The van der Waals surface area contributed by atoms with Gasteiger partial charge in [0, 0.05) is 38.0 Å². The SMILES string of the molecule is Cl.Cn1ccc(C(=O)N2CCC3(CCNCC3)CC2)cc1=O. The fourth-order valence-electron chi connectivity index (χ4n) is 3.51. The topological polar surface area (TPSA) is 54.3 Å². The zero-order chi connectivity index (χ0) is 14.9. The van der Waals surface area contributed by atoms with E-state index in [4.69, 9.17) is 0 Å². The van der Waals surface area contributed by atoms with Gasteiger partial charge in [0.2, 0.25) is 0 Å². The van der Waals surface area contributed by atoms with E-state index in [1.807, 2.05) is 4.90 Å². The lowest BCUT2D eigenvalue weighted by Crippen LogP contribution is -2.47. The van der Waals surface area contributed by atoms with Crippen molar-refractivity contribution < 1.29 is 4.79 Å². The summed E-state index contributed by atoms with van der Waals surface area (Å²) in [5.41, 5.74) is 0.821. The van der Waals surface area contributed by atoms with Gasteiger partial charge in [-0.05, 0) is 50.3 Å². The third-order valence-corrected chi connectivity index (χ3v) is 5.13. The predicted molar refractivity (Wildman–Crippen MR) is 88.6 cm³/mol. The number of likely N-dealkylation sites (tertiary alicyclic amines) is 1. The molecule has 2 aliphatic heterocycles. The van der Waals surface area contributed by atoms with E-state index in [1.165, 1.54) is 23.5 Å². The molecule has 0 atom stereocenters. The van der Waals surface area contributed by atoms with Crippen LogP contribution in [0.5, 0.6) is 0 Å². The summed E-state index contributed by atoms with van der Waals surface area (Å²) in [7, 11) is 1.69. The van der Waals surface area contributed by atoms with E-state index in [0.29, 0.717) is 11.0 Å². The first kappa shape index (κ1) is 17.0. The van der Waals surface area contributed by atoms with Crippen LogP contribution in [0.2, 0.25) is 0 Å². The fraction of sp³-hybridized carbons (Fsp3) is 0.625. The van der Waals surface area contributed by atoms with Crippen LogP contribution >= 0.6 is 12.4 Å². The lowest BCUT2D eigenvalue weighted by molar-refractivity contribution is 0.0495. The zero-order valence-electron chi connectivity index (χ0n) is 13.0. The number of carbonyl (C=O) groups excluding carboxylic acids is 1. The number of aromatic nitrogens is 1. The Kier molecular flexibility index (Phi) is 5.29. The van der Waals surface area contributed by atoms with E-state index in [9.17, 15) is 9.59 Å². The van der Waals surface area contributed by atoms with Gasteiger partial charge in [0.05, 0.1) is 0 Å². The summed E-state index contributed by atoms with van der Waals surface area (Å²) < 4.78 is 1.48. The fourth-order valence-corrected chi connectivity index (χ4v) is 3.51. The Bertz CT molecular complexity index is 583. The molecule has 1 N–H and O–H groups in total. The number of carbonyl (C=O) groups is 1. The number of rotatable bonds is 1. The molecule has 5 nitrogen and oxygen atoms in total. The second kappa shape index (κ2) is 6.84. The minimum atomic E-state index is -0.132.